The maximum atomic E-state index is 12.2. The monoisotopic (exact) mass is 289 g/mol. The molecule has 0 aromatic carbocycles. The predicted octanol–water partition coefficient (Wildman–Crippen LogP) is 1.55. The van der Waals surface area contributed by atoms with Gasteiger partial charge in [-0.3, -0.25) is 4.79 Å². The van der Waals surface area contributed by atoms with Gasteiger partial charge in [0.05, 0.1) is 12.2 Å². The highest BCUT2D eigenvalue weighted by molar-refractivity contribution is 5.94. The summed E-state index contributed by atoms with van der Waals surface area (Å²) >= 11 is 0. The smallest absolute Gasteiger partial charge is 0.251 e. The molecule has 0 aliphatic carbocycles. The number of hydrogen-bond acceptors (Lipinski definition) is 6. The first-order valence-electron chi connectivity index (χ1n) is 6.80. The summed E-state index contributed by atoms with van der Waals surface area (Å²) in [6.45, 7) is 4.17. The normalized spacial score (nSPS) is 10.4. The summed E-state index contributed by atoms with van der Waals surface area (Å²) in [5.41, 5.74) is 4.60. The van der Waals surface area contributed by atoms with E-state index in [1.54, 1.807) is 18.2 Å². The summed E-state index contributed by atoms with van der Waals surface area (Å²) < 4.78 is 5.05. The Morgan fingerprint density at radius 3 is 2.81 bits per heavy atom. The number of nitrogen functional groups attached to an aromatic ring is 1. The van der Waals surface area contributed by atoms with Crippen molar-refractivity contribution in [1.29, 1.82) is 0 Å². The van der Waals surface area contributed by atoms with E-state index in [4.69, 9.17) is 10.4 Å². The van der Waals surface area contributed by atoms with E-state index < -0.39 is 0 Å². The molecule has 1 amide bonds. The molecule has 7 heteroatoms. The number of pyridine rings is 1. The van der Waals surface area contributed by atoms with E-state index in [2.05, 4.69) is 27.8 Å². The summed E-state index contributed by atoms with van der Waals surface area (Å²) in [5, 5.41) is 6.55. The number of nitrogens with one attached hydrogen (secondary N) is 2. The van der Waals surface area contributed by atoms with Crippen LogP contribution in [-0.2, 0) is 13.0 Å². The second-order valence-electron chi connectivity index (χ2n) is 4.74. The van der Waals surface area contributed by atoms with Gasteiger partial charge in [-0.05, 0) is 25.5 Å². The van der Waals surface area contributed by atoms with Gasteiger partial charge in [0.15, 0.2) is 5.76 Å². The zero-order chi connectivity index (χ0) is 15.2. The fourth-order valence-electron chi connectivity index (χ4n) is 1.95. The Labute approximate surface area is 122 Å². The van der Waals surface area contributed by atoms with Crippen LogP contribution in [0.2, 0.25) is 0 Å². The summed E-state index contributed by atoms with van der Waals surface area (Å²) in [6, 6.07) is 5.16. The summed E-state index contributed by atoms with van der Waals surface area (Å²) in [5.74, 6) is 6.26. The van der Waals surface area contributed by atoms with Crippen LogP contribution in [0, 0.1) is 6.92 Å². The zero-order valence-electron chi connectivity index (χ0n) is 12.1. The molecule has 2 aromatic heterocycles. The minimum Gasteiger partial charge on any atom is -0.359 e. The molecule has 4 N–H and O–H groups in total. The lowest BCUT2D eigenvalue weighted by Crippen LogP contribution is -2.23. The quantitative estimate of drug-likeness (QED) is 0.550. The summed E-state index contributed by atoms with van der Waals surface area (Å²) in [7, 11) is 0. The van der Waals surface area contributed by atoms with Crippen LogP contribution in [-0.4, -0.2) is 16.0 Å². The third-order valence-corrected chi connectivity index (χ3v) is 2.89. The Balaban J connectivity index is 2.08. The number of nitrogens with zero attached hydrogens (tertiary/aromatic N) is 2. The van der Waals surface area contributed by atoms with E-state index in [9.17, 15) is 4.79 Å². The Bertz CT molecular complexity index is 624. The minimum atomic E-state index is -0.208. The van der Waals surface area contributed by atoms with Gasteiger partial charge in [0.25, 0.3) is 5.91 Å². The summed E-state index contributed by atoms with van der Waals surface area (Å²) in [4.78, 5) is 16.5. The van der Waals surface area contributed by atoms with E-state index >= 15 is 0 Å². The number of aryl methyl sites for hydroxylation is 2. The van der Waals surface area contributed by atoms with E-state index in [-0.39, 0.29) is 12.5 Å². The fourth-order valence-corrected chi connectivity index (χ4v) is 1.95. The zero-order valence-corrected chi connectivity index (χ0v) is 12.1. The molecular formula is C14H19N5O2. The van der Waals surface area contributed by atoms with E-state index in [1.807, 2.05) is 6.92 Å². The topological polar surface area (TPSA) is 106 Å². The molecule has 0 spiro atoms. The van der Waals surface area contributed by atoms with Crippen molar-refractivity contribution in [2.75, 3.05) is 5.43 Å². The molecule has 7 nitrogen and oxygen atoms in total. The van der Waals surface area contributed by atoms with Crippen molar-refractivity contribution in [3.8, 4) is 0 Å². The molecule has 0 bridgehead atoms. The lowest BCUT2D eigenvalue weighted by Gasteiger charge is -2.08. The second kappa shape index (κ2) is 6.85. The number of aromatic nitrogens is 2. The molecule has 0 aliphatic rings. The fraction of sp³-hybridized carbons (Fsp3) is 0.357. The van der Waals surface area contributed by atoms with Crippen LogP contribution in [0.25, 0.3) is 0 Å². The molecule has 112 valence electrons. The first-order valence-corrected chi connectivity index (χ1v) is 6.80. The minimum absolute atomic E-state index is 0.208. The number of nitrogens with two attached hydrogens (primary N) is 1. The van der Waals surface area contributed by atoms with Crippen LogP contribution in [0.5, 0.6) is 0 Å². The van der Waals surface area contributed by atoms with Gasteiger partial charge in [-0.1, -0.05) is 18.5 Å². The Morgan fingerprint density at radius 2 is 2.19 bits per heavy atom. The molecule has 0 aliphatic heterocycles. The van der Waals surface area contributed by atoms with Crippen molar-refractivity contribution in [1.82, 2.24) is 15.5 Å². The van der Waals surface area contributed by atoms with Crippen LogP contribution in [0.1, 0.15) is 40.9 Å². The average Bonchev–Trinajstić information content (AvgIpc) is 2.90. The number of carbonyl (C=O) groups excluding carboxylic acids is 1. The number of hydrogen-bond donors (Lipinski definition) is 3. The third kappa shape index (κ3) is 4.03. The highest BCUT2D eigenvalue weighted by Crippen LogP contribution is 2.12. The van der Waals surface area contributed by atoms with Crippen molar-refractivity contribution in [3.63, 3.8) is 0 Å². The van der Waals surface area contributed by atoms with E-state index in [0.29, 0.717) is 17.1 Å². The van der Waals surface area contributed by atoms with E-state index in [1.165, 1.54) is 0 Å². The molecule has 0 saturated carbocycles. The van der Waals surface area contributed by atoms with Crippen molar-refractivity contribution < 1.29 is 9.32 Å². The van der Waals surface area contributed by atoms with Crippen molar-refractivity contribution in [2.24, 2.45) is 5.84 Å². The Morgan fingerprint density at radius 1 is 1.38 bits per heavy atom. The van der Waals surface area contributed by atoms with Crippen LogP contribution in [0.4, 0.5) is 5.82 Å². The number of carbonyl (C=O) groups is 1. The molecule has 2 aromatic rings. The summed E-state index contributed by atoms with van der Waals surface area (Å²) in [6.07, 6.45) is 1.73. The van der Waals surface area contributed by atoms with Gasteiger partial charge in [0.1, 0.15) is 5.82 Å². The largest absolute Gasteiger partial charge is 0.359 e. The van der Waals surface area contributed by atoms with Crippen LogP contribution in [0.15, 0.2) is 22.7 Å². The first-order chi connectivity index (χ1) is 10.1. The molecule has 21 heavy (non-hydrogen) atoms. The van der Waals surface area contributed by atoms with Gasteiger partial charge < -0.3 is 15.3 Å². The molecule has 0 unspecified atom stereocenters. The van der Waals surface area contributed by atoms with Gasteiger partial charge in [0, 0.05) is 17.3 Å². The predicted molar refractivity (Wildman–Crippen MR) is 78.5 cm³/mol. The van der Waals surface area contributed by atoms with Gasteiger partial charge >= 0.3 is 0 Å². The standard InChI is InChI=1S/C14H19N5O2/c1-3-4-11-6-10(7-13(17-11)18-15)14(20)16-8-12-5-9(2)19-21-12/h5-7H,3-4,8,15H2,1-2H3,(H,16,20)(H,17,18). The van der Waals surface area contributed by atoms with Crippen LogP contribution in [0.3, 0.4) is 0 Å². The number of rotatable bonds is 6. The number of anilines is 1. The maximum Gasteiger partial charge on any atom is 0.251 e. The molecule has 2 rings (SSSR count). The number of hydrazine groups is 1. The average molecular weight is 289 g/mol. The molecule has 0 atom stereocenters. The first kappa shape index (κ1) is 15.0. The van der Waals surface area contributed by atoms with Crippen LogP contribution >= 0.6 is 0 Å². The lowest BCUT2D eigenvalue weighted by molar-refractivity contribution is 0.0947. The number of amides is 1. The van der Waals surface area contributed by atoms with Gasteiger partial charge in [-0.2, -0.15) is 0 Å². The lowest BCUT2D eigenvalue weighted by atomic mass is 10.1. The highest BCUT2D eigenvalue weighted by atomic mass is 16.5. The van der Waals surface area contributed by atoms with Gasteiger partial charge in [0.2, 0.25) is 0 Å². The third-order valence-electron chi connectivity index (χ3n) is 2.89. The SMILES string of the molecule is CCCc1cc(C(=O)NCc2cc(C)no2)cc(NN)n1. The Kier molecular flexibility index (Phi) is 4.89. The molecule has 0 saturated heterocycles. The van der Waals surface area contributed by atoms with E-state index in [0.717, 1.165) is 24.2 Å². The molecule has 0 radical (unpaired) electrons. The van der Waals surface area contributed by atoms with Crippen molar-refractivity contribution in [2.45, 2.75) is 33.2 Å². The van der Waals surface area contributed by atoms with Crippen molar-refractivity contribution in [3.05, 3.63) is 40.9 Å². The second-order valence-corrected chi connectivity index (χ2v) is 4.74. The van der Waals surface area contributed by atoms with Gasteiger partial charge in [-0.25, -0.2) is 10.8 Å². The Hall–Kier alpha value is -2.41. The molecule has 0 fully saturated rings. The molecular weight excluding hydrogens is 270 g/mol. The maximum absolute atomic E-state index is 12.2. The van der Waals surface area contributed by atoms with Crippen molar-refractivity contribution >= 4 is 11.7 Å². The van der Waals surface area contributed by atoms with Gasteiger partial charge in [-0.15, -0.1) is 0 Å². The van der Waals surface area contributed by atoms with Crippen LogP contribution < -0.4 is 16.6 Å². The molecule has 2 heterocycles. The highest BCUT2D eigenvalue weighted by Gasteiger charge is 2.10.